The van der Waals surface area contributed by atoms with Crippen LogP contribution in [0, 0.1) is 0 Å². The third-order valence-corrected chi connectivity index (χ3v) is 8.98. The van der Waals surface area contributed by atoms with Gasteiger partial charge in [0.15, 0.2) is 5.82 Å². The molecule has 12 heteroatoms. The normalized spacial score (nSPS) is 17.3. The summed E-state index contributed by atoms with van der Waals surface area (Å²) in [6.07, 6.45) is 3.15. The summed E-state index contributed by atoms with van der Waals surface area (Å²) in [7, 11) is -8.23. The van der Waals surface area contributed by atoms with Crippen molar-refractivity contribution in [2.75, 3.05) is 46.1 Å². The molecule has 1 N–H and O–H groups in total. The second-order valence-electron chi connectivity index (χ2n) is 9.82. The Balaban J connectivity index is 1.77. The summed E-state index contributed by atoms with van der Waals surface area (Å²) in [5, 5.41) is 2.93. The van der Waals surface area contributed by atoms with Gasteiger partial charge < -0.3 is 15.1 Å². The lowest BCUT2D eigenvalue weighted by Crippen LogP contribution is -2.55. The lowest BCUT2D eigenvalue weighted by Gasteiger charge is -2.41. The van der Waals surface area contributed by atoms with Crippen molar-refractivity contribution in [3.8, 4) is 0 Å². The average molecular weight is 524 g/mol. The number of urea groups is 1. The summed E-state index contributed by atoms with van der Waals surface area (Å²) < 4.78 is 49.6. The van der Waals surface area contributed by atoms with Crippen LogP contribution >= 0.6 is 0 Å². The van der Waals surface area contributed by atoms with Gasteiger partial charge in [-0.15, -0.1) is 0 Å². The van der Waals surface area contributed by atoms with Crippen LogP contribution in [0.4, 0.5) is 22.0 Å². The van der Waals surface area contributed by atoms with Gasteiger partial charge >= 0.3 is 6.03 Å². The molecule has 1 atom stereocenters. The highest BCUT2D eigenvalue weighted by atomic mass is 32.3. The summed E-state index contributed by atoms with van der Waals surface area (Å²) in [5.41, 5.74) is 1.84. The summed E-state index contributed by atoms with van der Waals surface area (Å²) in [6.45, 7) is 9.30. The minimum atomic E-state index is -4.12. The molecule has 1 aromatic carbocycles. The molecule has 10 nitrogen and oxygen atoms in total. The van der Waals surface area contributed by atoms with Gasteiger partial charge in [-0.2, -0.15) is 3.71 Å². The first kappa shape index (κ1) is 26.7. The summed E-state index contributed by atoms with van der Waals surface area (Å²) in [4.78, 5) is 20.7. The number of nitrogens with one attached hydrogen (secondary N) is 1. The van der Waals surface area contributed by atoms with E-state index in [4.69, 9.17) is 0 Å². The molecule has 1 saturated heterocycles. The Bertz CT molecular complexity index is 1260. The van der Waals surface area contributed by atoms with E-state index in [1.165, 1.54) is 23.9 Å². The molecule has 1 fully saturated rings. The molecule has 2 aromatic rings. The fourth-order valence-corrected chi connectivity index (χ4v) is 7.05. The summed E-state index contributed by atoms with van der Waals surface area (Å²) in [6, 6.07) is 10.2. The van der Waals surface area contributed by atoms with Crippen molar-refractivity contribution in [1.29, 1.82) is 0 Å². The predicted molar refractivity (Wildman–Crippen MR) is 139 cm³/mol. The zero-order valence-corrected chi connectivity index (χ0v) is 22.5. The maximum Gasteiger partial charge on any atom is 0.322 e. The van der Waals surface area contributed by atoms with Crippen molar-refractivity contribution in [3.05, 3.63) is 48.2 Å². The van der Waals surface area contributed by atoms with Crippen LogP contribution in [0.2, 0.25) is 0 Å². The monoisotopic (exact) mass is 523 g/mol. The number of pyridine rings is 1. The van der Waals surface area contributed by atoms with Crippen LogP contribution in [0.1, 0.15) is 33.3 Å². The number of benzene rings is 1. The number of amides is 2. The van der Waals surface area contributed by atoms with Crippen molar-refractivity contribution in [3.63, 3.8) is 0 Å². The number of nitrogens with zero attached hydrogens (tertiary/aromatic N) is 4. The van der Waals surface area contributed by atoms with Gasteiger partial charge in [0, 0.05) is 37.6 Å². The predicted octanol–water partition coefficient (Wildman–Crippen LogP) is 2.85. The van der Waals surface area contributed by atoms with Gasteiger partial charge in [0.25, 0.3) is 0 Å². The molecule has 2 amide bonds. The standard InChI is InChI=1S/C23H33N5O5S2/c1-17-16-26(21-20(8-7-13-24-21)28(34(5,30)31)35(6,32)33)14-15-27(17)22(29)25-19-11-9-18(10-12-19)23(2,3)4/h7-13,17H,14-16H2,1-6H3,(H,25,29)/t17-/m1/s1. The SMILES string of the molecule is C[C@@H]1CN(c2ncccc2N(S(C)(=O)=O)S(C)(=O)=O)CCN1C(=O)Nc1ccc(C(C)(C)C)cc1. The van der Waals surface area contributed by atoms with E-state index in [0.717, 1.165) is 12.5 Å². The number of hydrogen-bond acceptors (Lipinski definition) is 7. The number of sulfonamides is 2. The molecule has 1 aromatic heterocycles. The van der Waals surface area contributed by atoms with E-state index >= 15 is 0 Å². The molecule has 0 unspecified atom stereocenters. The number of carbonyl (C=O) groups is 1. The van der Waals surface area contributed by atoms with E-state index < -0.39 is 20.0 Å². The van der Waals surface area contributed by atoms with E-state index in [1.54, 1.807) is 9.80 Å². The van der Waals surface area contributed by atoms with Crippen LogP contribution < -0.4 is 13.9 Å². The molecule has 0 bridgehead atoms. The van der Waals surface area contributed by atoms with E-state index in [2.05, 4.69) is 31.1 Å². The van der Waals surface area contributed by atoms with Gasteiger partial charge in [0.05, 0.1) is 12.5 Å². The van der Waals surface area contributed by atoms with Crippen molar-refractivity contribution in [1.82, 2.24) is 9.88 Å². The Morgan fingerprint density at radius 1 is 1.03 bits per heavy atom. The van der Waals surface area contributed by atoms with Gasteiger partial charge in [-0.3, -0.25) is 0 Å². The van der Waals surface area contributed by atoms with Gasteiger partial charge in [-0.1, -0.05) is 32.9 Å². The first-order valence-corrected chi connectivity index (χ1v) is 14.9. The van der Waals surface area contributed by atoms with E-state index in [1.807, 2.05) is 31.2 Å². The Hall–Kier alpha value is -2.86. The molecule has 0 spiro atoms. The molecule has 0 radical (unpaired) electrons. The third kappa shape index (κ3) is 6.23. The van der Waals surface area contributed by atoms with Crippen molar-refractivity contribution >= 4 is 43.3 Å². The summed E-state index contributed by atoms with van der Waals surface area (Å²) in [5.74, 6) is 0.230. The maximum atomic E-state index is 13.0. The minimum absolute atomic E-state index is 0.0154. The fraction of sp³-hybridized carbons (Fsp3) is 0.478. The number of anilines is 3. The number of piperazine rings is 1. The first-order chi connectivity index (χ1) is 16.1. The van der Waals surface area contributed by atoms with Gasteiger partial charge in [-0.05, 0) is 42.2 Å². The Morgan fingerprint density at radius 2 is 1.63 bits per heavy atom. The van der Waals surface area contributed by atoms with Gasteiger partial charge in [0.2, 0.25) is 20.0 Å². The summed E-state index contributed by atoms with van der Waals surface area (Å²) >= 11 is 0. The highest BCUT2D eigenvalue weighted by Gasteiger charge is 2.34. The Morgan fingerprint density at radius 3 is 2.14 bits per heavy atom. The highest BCUT2D eigenvalue weighted by molar-refractivity contribution is 8.09. The smallest absolute Gasteiger partial charge is 0.322 e. The molecular weight excluding hydrogens is 490 g/mol. The number of carbonyl (C=O) groups excluding carboxylic acids is 1. The molecule has 3 rings (SSSR count). The van der Waals surface area contributed by atoms with Crippen LogP contribution in [-0.2, 0) is 25.5 Å². The molecule has 2 heterocycles. The molecule has 35 heavy (non-hydrogen) atoms. The topological polar surface area (TPSA) is 120 Å². The van der Waals surface area contributed by atoms with Crippen molar-refractivity contribution in [2.45, 2.75) is 39.2 Å². The Labute approximate surface area is 208 Å². The second-order valence-corrected chi connectivity index (χ2v) is 13.7. The van der Waals surface area contributed by atoms with E-state index in [9.17, 15) is 21.6 Å². The molecular formula is C23H33N5O5S2. The van der Waals surface area contributed by atoms with Crippen LogP contribution in [0.25, 0.3) is 0 Å². The molecule has 1 aliphatic heterocycles. The fourth-order valence-electron chi connectivity index (χ4n) is 4.08. The lowest BCUT2D eigenvalue weighted by atomic mass is 9.87. The maximum absolute atomic E-state index is 13.0. The number of hydrogen-bond donors (Lipinski definition) is 1. The number of aromatic nitrogens is 1. The third-order valence-electron chi connectivity index (χ3n) is 5.76. The minimum Gasteiger partial charge on any atom is -0.351 e. The zero-order chi connectivity index (χ0) is 26.2. The molecule has 1 aliphatic rings. The Kier molecular flexibility index (Phi) is 7.37. The van der Waals surface area contributed by atoms with Crippen LogP contribution in [0.5, 0.6) is 0 Å². The largest absolute Gasteiger partial charge is 0.351 e. The van der Waals surface area contributed by atoms with Gasteiger partial charge in [-0.25, -0.2) is 26.6 Å². The molecule has 0 saturated carbocycles. The molecule has 0 aliphatic carbocycles. The molecule has 192 valence electrons. The van der Waals surface area contributed by atoms with E-state index in [-0.39, 0.29) is 29.0 Å². The van der Waals surface area contributed by atoms with Crippen LogP contribution in [-0.4, -0.2) is 70.9 Å². The second kappa shape index (κ2) is 9.65. The zero-order valence-electron chi connectivity index (χ0n) is 20.9. The quantitative estimate of drug-likeness (QED) is 0.640. The van der Waals surface area contributed by atoms with Crippen LogP contribution in [0.15, 0.2) is 42.6 Å². The van der Waals surface area contributed by atoms with Crippen molar-refractivity contribution in [2.24, 2.45) is 0 Å². The highest BCUT2D eigenvalue weighted by Crippen LogP contribution is 2.32. The van der Waals surface area contributed by atoms with Gasteiger partial charge in [0.1, 0.15) is 5.69 Å². The lowest BCUT2D eigenvalue weighted by molar-refractivity contribution is 0.184. The number of rotatable bonds is 5. The van der Waals surface area contributed by atoms with E-state index in [0.29, 0.717) is 29.0 Å². The van der Waals surface area contributed by atoms with Crippen LogP contribution in [0.3, 0.4) is 0 Å². The average Bonchev–Trinajstić information content (AvgIpc) is 2.71. The first-order valence-electron chi connectivity index (χ1n) is 11.2. The van der Waals surface area contributed by atoms with Crippen molar-refractivity contribution < 1.29 is 21.6 Å².